The van der Waals surface area contributed by atoms with E-state index in [1.54, 1.807) is 35.7 Å². The molecule has 0 spiro atoms. The van der Waals surface area contributed by atoms with Gasteiger partial charge in [0.25, 0.3) is 0 Å². The van der Waals surface area contributed by atoms with Gasteiger partial charge in [0.2, 0.25) is 0 Å². The largest absolute Gasteiger partial charge is 0.490 e. The third kappa shape index (κ3) is 3.05. The van der Waals surface area contributed by atoms with Crippen LogP contribution in [-0.2, 0) is 0 Å². The van der Waals surface area contributed by atoms with Crippen LogP contribution in [0, 0.1) is 10.1 Å². The van der Waals surface area contributed by atoms with Crippen molar-refractivity contribution in [3.8, 4) is 5.75 Å². The number of aromatic nitrogens is 1. The molecule has 0 saturated heterocycles. The average molecular weight is 293 g/mol. The number of nitrogens with zero attached hydrogens (tertiary/aromatic N) is 2. The van der Waals surface area contributed by atoms with Gasteiger partial charge in [0, 0.05) is 24.0 Å². The minimum absolute atomic E-state index is 0.0404. The van der Waals surface area contributed by atoms with Gasteiger partial charge in [0.05, 0.1) is 17.0 Å². The summed E-state index contributed by atoms with van der Waals surface area (Å²) >= 11 is 1.57. The van der Waals surface area contributed by atoms with E-state index in [1.165, 1.54) is 7.11 Å². The van der Waals surface area contributed by atoms with Gasteiger partial charge in [-0.25, -0.2) is 4.98 Å². The summed E-state index contributed by atoms with van der Waals surface area (Å²) in [6, 6.07) is 4.98. The molecule has 0 aliphatic carbocycles. The summed E-state index contributed by atoms with van der Waals surface area (Å²) in [6.07, 6.45) is 1.75. The number of hydrogen-bond donors (Lipinski definition) is 1. The molecule has 0 amide bonds. The number of benzene rings is 1. The zero-order valence-corrected chi connectivity index (χ0v) is 12.0. The fourth-order valence-corrected chi connectivity index (χ4v) is 2.54. The number of nitro groups is 1. The Balaban J connectivity index is 2.15. The van der Waals surface area contributed by atoms with Gasteiger partial charge in [-0.3, -0.25) is 10.1 Å². The maximum Gasteiger partial charge on any atom is 0.333 e. The Morgan fingerprint density at radius 2 is 2.35 bits per heavy atom. The number of para-hydroxylation sites is 1. The van der Waals surface area contributed by atoms with Crippen LogP contribution in [0.15, 0.2) is 29.8 Å². The van der Waals surface area contributed by atoms with E-state index >= 15 is 0 Å². The zero-order valence-electron chi connectivity index (χ0n) is 11.2. The van der Waals surface area contributed by atoms with Crippen LogP contribution >= 0.6 is 11.3 Å². The van der Waals surface area contributed by atoms with E-state index < -0.39 is 4.92 Å². The molecule has 0 bridgehead atoms. The van der Waals surface area contributed by atoms with Gasteiger partial charge in [-0.1, -0.05) is 13.0 Å². The van der Waals surface area contributed by atoms with Crippen molar-refractivity contribution in [1.29, 1.82) is 0 Å². The van der Waals surface area contributed by atoms with Crippen LogP contribution in [0.4, 0.5) is 11.4 Å². The summed E-state index contributed by atoms with van der Waals surface area (Å²) in [5.41, 5.74) is 0.416. The monoisotopic (exact) mass is 293 g/mol. The van der Waals surface area contributed by atoms with Gasteiger partial charge in [0.1, 0.15) is 5.69 Å². The molecule has 0 saturated carbocycles. The molecule has 0 radical (unpaired) electrons. The first-order valence-corrected chi connectivity index (χ1v) is 6.96. The number of nitrogens with one attached hydrogen (secondary N) is 1. The minimum Gasteiger partial charge on any atom is -0.490 e. The highest BCUT2D eigenvalue weighted by Gasteiger charge is 2.20. The summed E-state index contributed by atoms with van der Waals surface area (Å²) in [7, 11) is 1.42. The molecule has 1 aromatic heterocycles. The SMILES string of the molecule is COc1cccc(NCC(C)c2nccs2)c1[N+](=O)[O-]. The molecule has 1 aromatic carbocycles. The first-order chi connectivity index (χ1) is 9.63. The van der Waals surface area contributed by atoms with E-state index in [0.717, 1.165) is 5.01 Å². The van der Waals surface area contributed by atoms with Crippen molar-refractivity contribution in [2.45, 2.75) is 12.8 Å². The molecule has 1 unspecified atom stereocenters. The maximum atomic E-state index is 11.2. The molecular formula is C13H15N3O3S. The highest BCUT2D eigenvalue weighted by Crippen LogP contribution is 2.34. The van der Waals surface area contributed by atoms with E-state index in [1.807, 2.05) is 12.3 Å². The second kappa shape index (κ2) is 6.33. The van der Waals surface area contributed by atoms with Crippen molar-refractivity contribution in [3.05, 3.63) is 44.9 Å². The van der Waals surface area contributed by atoms with Crippen molar-refractivity contribution < 1.29 is 9.66 Å². The lowest BCUT2D eigenvalue weighted by Crippen LogP contribution is -2.11. The van der Waals surface area contributed by atoms with Crippen molar-refractivity contribution >= 4 is 22.7 Å². The van der Waals surface area contributed by atoms with Gasteiger partial charge in [0.15, 0.2) is 5.75 Å². The molecule has 20 heavy (non-hydrogen) atoms. The Bertz CT molecular complexity index is 587. The molecule has 7 heteroatoms. The number of ether oxygens (including phenoxy) is 1. The predicted octanol–water partition coefficient (Wildman–Crippen LogP) is 3.28. The first kappa shape index (κ1) is 14.3. The topological polar surface area (TPSA) is 77.3 Å². The number of hydrogen-bond acceptors (Lipinski definition) is 6. The van der Waals surface area contributed by atoms with Crippen LogP contribution in [0.1, 0.15) is 17.8 Å². The molecule has 1 N–H and O–H groups in total. The summed E-state index contributed by atoms with van der Waals surface area (Å²) in [5, 5.41) is 17.2. The molecule has 0 aliphatic rings. The van der Waals surface area contributed by atoms with Crippen molar-refractivity contribution in [3.63, 3.8) is 0 Å². The highest BCUT2D eigenvalue weighted by atomic mass is 32.1. The summed E-state index contributed by atoms with van der Waals surface area (Å²) in [4.78, 5) is 15.0. The van der Waals surface area contributed by atoms with Crippen molar-refractivity contribution in [2.24, 2.45) is 0 Å². The molecule has 0 aliphatic heterocycles. The second-order valence-electron chi connectivity index (χ2n) is 4.27. The van der Waals surface area contributed by atoms with Crippen LogP contribution in [0.5, 0.6) is 5.75 Å². The molecule has 2 rings (SSSR count). The Labute approximate surface area is 120 Å². The predicted molar refractivity (Wildman–Crippen MR) is 78.7 cm³/mol. The average Bonchev–Trinajstić information content (AvgIpc) is 2.98. The second-order valence-corrected chi connectivity index (χ2v) is 5.19. The fraction of sp³-hybridized carbons (Fsp3) is 0.308. The summed E-state index contributed by atoms with van der Waals surface area (Å²) in [6.45, 7) is 2.60. The smallest absolute Gasteiger partial charge is 0.333 e. The lowest BCUT2D eigenvalue weighted by atomic mass is 10.2. The Hall–Kier alpha value is -2.15. The van der Waals surface area contributed by atoms with E-state index in [2.05, 4.69) is 10.3 Å². The number of nitro benzene ring substituents is 1. The van der Waals surface area contributed by atoms with Gasteiger partial charge in [-0.05, 0) is 12.1 Å². The van der Waals surface area contributed by atoms with Crippen LogP contribution in [0.25, 0.3) is 0 Å². The molecule has 6 nitrogen and oxygen atoms in total. The van der Waals surface area contributed by atoms with Crippen LogP contribution < -0.4 is 10.1 Å². The van der Waals surface area contributed by atoms with Gasteiger partial charge < -0.3 is 10.1 Å². The first-order valence-electron chi connectivity index (χ1n) is 6.08. The van der Waals surface area contributed by atoms with Crippen LogP contribution in [0.2, 0.25) is 0 Å². The lowest BCUT2D eigenvalue weighted by Gasteiger charge is -2.12. The minimum atomic E-state index is -0.435. The van der Waals surface area contributed by atoms with Crippen LogP contribution in [-0.4, -0.2) is 23.6 Å². The van der Waals surface area contributed by atoms with E-state index in [-0.39, 0.29) is 17.4 Å². The number of anilines is 1. The third-order valence-corrected chi connectivity index (χ3v) is 3.88. The molecule has 1 heterocycles. The quantitative estimate of drug-likeness (QED) is 0.653. The van der Waals surface area contributed by atoms with E-state index in [9.17, 15) is 10.1 Å². The highest BCUT2D eigenvalue weighted by molar-refractivity contribution is 7.09. The Kier molecular flexibility index (Phi) is 4.52. The number of methoxy groups -OCH3 is 1. The van der Waals surface area contributed by atoms with E-state index in [0.29, 0.717) is 12.2 Å². The molecule has 0 fully saturated rings. The summed E-state index contributed by atoms with van der Waals surface area (Å²) in [5.74, 6) is 0.433. The van der Waals surface area contributed by atoms with E-state index in [4.69, 9.17) is 4.74 Å². The lowest BCUT2D eigenvalue weighted by molar-refractivity contribution is -0.384. The van der Waals surface area contributed by atoms with Gasteiger partial charge >= 0.3 is 5.69 Å². The van der Waals surface area contributed by atoms with Gasteiger partial charge in [-0.2, -0.15) is 0 Å². The molecule has 2 aromatic rings. The molecule has 106 valence electrons. The molecule has 1 atom stereocenters. The molecular weight excluding hydrogens is 278 g/mol. The normalized spacial score (nSPS) is 11.9. The van der Waals surface area contributed by atoms with Crippen molar-refractivity contribution in [2.75, 3.05) is 19.0 Å². The number of thiazole rings is 1. The maximum absolute atomic E-state index is 11.2. The third-order valence-electron chi connectivity index (χ3n) is 2.87. The zero-order chi connectivity index (χ0) is 14.5. The van der Waals surface area contributed by atoms with Crippen molar-refractivity contribution in [1.82, 2.24) is 4.98 Å². The Morgan fingerprint density at radius 3 is 2.95 bits per heavy atom. The summed E-state index contributed by atoms with van der Waals surface area (Å²) < 4.78 is 5.03. The number of rotatable bonds is 6. The fourth-order valence-electron chi connectivity index (χ4n) is 1.85. The standard InChI is InChI=1S/C13H15N3O3S/c1-9(13-14-6-7-20-13)8-15-10-4-3-5-11(19-2)12(10)16(17)18/h3-7,9,15H,8H2,1-2H3. The van der Waals surface area contributed by atoms with Gasteiger partial charge in [-0.15, -0.1) is 11.3 Å². The Morgan fingerprint density at radius 1 is 1.55 bits per heavy atom. The van der Waals surface area contributed by atoms with Crippen LogP contribution in [0.3, 0.4) is 0 Å².